The lowest BCUT2D eigenvalue weighted by atomic mass is 10.4. The standard InChI is InChI=1S/C14H12OS3/c1-16-11-2-6-13(7-3-11)18-14-8-4-12(5-9-14)17-10-15/h2-10H,1H3. The Kier molecular flexibility index (Phi) is 5.23. The Labute approximate surface area is 120 Å². The molecule has 0 heterocycles. The number of hydrogen-bond acceptors (Lipinski definition) is 4. The van der Waals surface area contributed by atoms with Crippen LogP contribution in [0.25, 0.3) is 0 Å². The van der Waals surface area contributed by atoms with E-state index in [0.717, 1.165) is 10.5 Å². The normalized spacial score (nSPS) is 10.3. The molecule has 18 heavy (non-hydrogen) atoms. The monoisotopic (exact) mass is 292 g/mol. The van der Waals surface area contributed by atoms with Gasteiger partial charge in [-0.15, -0.1) is 11.8 Å². The topological polar surface area (TPSA) is 17.1 Å². The molecule has 0 atom stereocenters. The minimum atomic E-state index is 0.850. The molecule has 0 amide bonds. The molecule has 0 N–H and O–H groups in total. The zero-order valence-corrected chi connectivity index (χ0v) is 12.3. The van der Waals surface area contributed by atoms with Gasteiger partial charge in [-0.25, -0.2) is 0 Å². The smallest absolute Gasteiger partial charge is 0.180 e. The highest BCUT2D eigenvalue weighted by Gasteiger charge is 1.99. The van der Waals surface area contributed by atoms with Crippen molar-refractivity contribution in [2.45, 2.75) is 19.6 Å². The van der Waals surface area contributed by atoms with Gasteiger partial charge in [-0.3, -0.25) is 4.79 Å². The van der Waals surface area contributed by atoms with Crippen molar-refractivity contribution in [3.8, 4) is 0 Å². The second kappa shape index (κ2) is 6.92. The number of benzene rings is 2. The average Bonchev–Trinajstić information content (AvgIpc) is 2.42. The van der Waals surface area contributed by atoms with Gasteiger partial charge in [-0.1, -0.05) is 23.5 Å². The molecule has 4 heteroatoms. The highest BCUT2D eigenvalue weighted by Crippen LogP contribution is 2.30. The molecule has 0 spiro atoms. The SMILES string of the molecule is CSc1ccc(Sc2ccc(SC=O)cc2)cc1. The molecule has 92 valence electrons. The maximum absolute atomic E-state index is 10.4. The molecule has 0 aromatic heterocycles. The van der Waals surface area contributed by atoms with E-state index in [1.54, 1.807) is 23.5 Å². The third-order valence-corrected chi connectivity index (χ3v) is 4.70. The van der Waals surface area contributed by atoms with Gasteiger partial charge in [0.15, 0.2) is 5.62 Å². The Morgan fingerprint density at radius 1 is 0.778 bits per heavy atom. The van der Waals surface area contributed by atoms with E-state index in [2.05, 4.69) is 30.5 Å². The van der Waals surface area contributed by atoms with Crippen molar-refractivity contribution in [2.75, 3.05) is 6.26 Å². The number of carbonyl (C=O) groups excluding carboxylic acids is 1. The van der Waals surface area contributed by atoms with Crippen LogP contribution in [0, 0.1) is 0 Å². The van der Waals surface area contributed by atoms with E-state index >= 15 is 0 Å². The molecular weight excluding hydrogens is 280 g/mol. The van der Waals surface area contributed by atoms with Gasteiger partial charge in [-0.05, 0) is 54.8 Å². The first kappa shape index (κ1) is 13.6. The Morgan fingerprint density at radius 2 is 1.22 bits per heavy atom. The molecular formula is C14H12OS3. The zero-order chi connectivity index (χ0) is 12.8. The Morgan fingerprint density at radius 3 is 1.67 bits per heavy atom. The van der Waals surface area contributed by atoms with E-state index in [4.69, 9.17) is 0 Å². The summed E-state index contributed by atoms with van der Waals surface area (Å²) >= 11 is 4.68. The quantitative estimate of drug-likeness (QED) is 0.579. The van der Waals surface area contributed by atoms with Crippen LogP contribution in [0.5, 0.6) is 0 Å². The van der Waals surface area contributed by atoms with E-state index in [0.29, 0.717) is 0 Å². The summed E-state index contributed by atoms with van der Waals surface area (Å²) in [5, 5.41) is 0. The number of rotatable bonds is 5. The first-order valence-electron chi connectivity index (χ1n) is 5.34. The maximum Gasteiger partial charge on any atom is 0.180 e. The molecule has 0 saturated carbocycles. The van der Waals surface area contributed by atoms with E-state index in [-0.39, 0.29) is 0 Å². The summed E-state index contributed by atoms with van der Waals surface area (Å²) < 4.78 is 0. The van der Waals surface area contributed by atoms with Crippen LogP contribution >= 0.6 is 35.3 Å². The molecule has 0 aliphatic heterocycles. The van der Waals surface area contributed by atoms with Gasteiger partial charge in [0, 0.05) is 19.6 Å². The number of hydrogen-bond donors (Lipinski definition) is 0. The van der Waals surface area contributed by atoms with Crippen molar-refractivity contribution >= 4 is 40.9 Å². The molecule has 0 aliphatic carbocycles. The lowest BCUT2D eigenvalue weighted by Crippen LogP contribution is -1.76. The van der Waals surface area contributed by atoms with Crippen LogP contribution in [0.2, 0.25) is 0 Å². The van der Waals surface area contributed by atoms with Gasteiger partial charge in [0.1, 0.15) is 0 Å². The second-order valence-corrected chi connectivity index (χ2v) is 6.39. The van der Waals surface area contributed by atoms with Crippen LogP contribution in [-0.2, 0) is 4.79 Å². The number of thioether (sulfide) groups is 2. The summed E-state index contributed by atoms with van der Waals surface area (Å²) in [5.41, 5.74) is 0.850. The summed E-state index contributed by atoms with van der Waals surface area (Å²) in [4.78, 5) is 15.0. The van der Waals surface area contributed by atoms with Crippen molar-refractivity contribution in [1.29, 1.82) is 0 Å². The molecule has 0 aliphatic rings. The predicted octanol–water partition coefficient (Wildman–Crippen LogP) is 4.84. The van der Waals surface area contributed by atoms with Crippen molar-refractivity contribution < 1.29 is 4.79 Å². The fraction of sp³-hybridized carbons (Fsp3) is 0.0714. The molecule has 0 radical (unpaired) electrons. The van der Waals surface area contributed by atoms with Gasteiger partial charge in [0.25, 0.3) is 0 Å². The average molecular weight is 292 g/mol. The van der Waals surface area contributed by atoms with E-state index in [1.165, 1.54) is 26.4 Å². The van der Waals surface area contributed by atoms with Gasteiger partial charge in [0.2, 0.25) is 0 Å². The van der Waals surface area contributed by atoms with E-state index in [9.17, 15) is 4.79 Å². The molecule has 2 rings (SSSR count). The van der Waals surface area contributed by atoms with Crippen LogP contribution in [0.4, 0.5) is 0 Å². The molecule has 2 aromatic rings. The summed E-state index contributed by atoms with van der Waals surface area (Å²) in [6.07, 6.45) is 2.07. The minimum Gasteiger partial charge on any atom is -0.291 e. The first-order valence-corrected chi connectivity index (χ1v) is 8.26. The molecule has 0 saturated heterocycles. The second-order valence-electron chi connectivity index (χ2n) is 3.46. The van der Waals surface area contributed by atoms with Crippen LogP contribution in [0.3, 0.4) is 0 Å². The molecule has 2 aromatic carbocycles. The van der Waals surface area contributed by atoms with Gasteiger partial charge in [-0.2, -0.15) is 0 Å². The van der Waals surface area contributed by atoms with Crippen molar-refractivity contribution in [3.05, 3.63) is 48.5 Å². The van der Waals surface area contributed by atoms with E-state index in [1.807, 2.05) is 24.3 Å². The molecule has 0 bridgehead atoms. The Hall–Kier alpha value is -0.840. The fourth-order valence-electron chi connectivity index (χ4n) is 1.42. The van der Waals surface area contributed by atoms with Crippen molar-refractivity contribution in [3.63, 3.8) is 0 Å². The highest BCUT2D eigenvalue weighted by atomic mass is 32.2. The predicted molar refractivity (Wildman–Crippen MR) is 81.4 cm³/mol. The zero-order valence-electron chi connectivity index (χ0n) is 9.83. The maximum atomic E-state index is 10.4. The highest BCUT2D eigenvalue weighted by molar-refractivity contribution is 8.11. The number of carbonyl (C=O) groups is 1. The third kappa shape index (κ3) is 3.83. The Balaban J connectivity index is 2.05. The summed E-state index contributed by atoms with van der Waals surface area (Å²) in [6, 6.07) is 16.5. The molecule has 0 unspecified atom stereocenters. The lowest BCUT2D eigenvalue weighted by molar-refractivity contribution is 0.570. The van der Waals surface area contributed by atoms with Gasteiger partial charge in [0.05, 0.1) is 0 Å². The summed E-state index contributed by atoms with van der Waals surface area (Å²) in [7, 11) is 0. The van der Waals surface area contributed by atoms with E-state index < -0.39 is 0 Å². The fourth-order valence-corrected chi connectivity index (χ4v) is 3.05. The minimum absolute atomic E-state index is 0.850. The Bertz CT molecular complexity index is 506. The first-order chi connectivity index (χ1) is 8.81. The van der Waals surface area contributed by atoms with Crippen molar-refractivity contribution in [1.82, 2.24) is 0 Å². The van der Waals surface area contributed by atoms with Crippen LogP contribution in [-0.4, -0.2) is 11.9 Å². The van der Waals surface area contributed by atoms with Gasteiger partial charge < -0.3 is 0 Å². The van der Waals surface area contributed by atoms with Gasteiger partial charge >= 0.3 is 0 Å². The largest absolute Gasteiger partial charge is 0.291 e. The summed E-state index contributed by atoms with van der Waals surface area (Å²) in [5.74, 6) is 0. The van der Waals surface area contributed by atoms with Crippen LogP contribution < -0.4 is 0 Å². The summed E-state index contributed by atoms with van der Waals surface area (Å²) in [6.45, 7) is 0. The molecule has 1 nitrogen and oxygen atoms in total. The van der Waals surface area contributed by atoms with Crippen LogP contribution in [0.15, 0.2) is 68.1 Å². The molecule has 0 fully saturated rings. The van der Waals surface area contributed by atoms with Crippen LogP contribution in [0.1, 0.15) is 0 Å². The third-order valence-electron chi connectivity index (χ3n) is 2.30. The van der Waals surface area contributed by atoms with Crippen molar-refractivity contribution in [2.24, 2.45) is 0 Å². The lowest BCUT2D eigenvalue weighted by Gasteiger charge is -2.03.